The lowest BCUT2D eigenvalue weighted by molar-refractivity contribution is 0.0906. The zero-order valence-electron chi connectivity index (χ0n) is 13.7. The third kappa shape index (κ3) is 3.85. The van der Waals surface area contributed by atoms with Crippen LogP contribution in [0.25, 0.3) is 0 Å². The molecule has 2 aromatic rings. The van der Waals surface area contributed by atoms with Crippen LogP contribution in [0.15, 0.2) is 16.7 Å². The summed E-state index contributed by atoms with van der Waals surface area (Å²) in [5.74, 6) is -3.70. The Balaban J connectivity index is 2.19. The van der Waals surface area contributed by atoms with E-state index in [1.54, 1.807) is 13.8 Å². The fourth-order valence-electron chi connectivity index (χ4n) is 1.95. The third-order valence-electron chi connectivity index (χ3n) is 3.18. The zero-order valence-corrected chi connectivity index (χ0v) is 13.7. The first-order chi connectivity index (χ1) is 11.1. The highest BCUT2D eigenvalue weighted by Crippen LogP contribution is 2.23. The predicted molar refractivity (Wildman–Crippen MR) is 80.2 cm³/mol. The first kappa shape index (κ1) is 17.8. The minimum Gasteiger partial charge on any atom is -0.503 e. The molecule has 0 unspecified atom stereocenters. The molecule has 0 radical (unpaired) electrons. The Hall–Kier alpha value is -2.55. The van der Waals surface area contributed by atoms with Crippen molar-refractivity contribution in [2.24, 2.45) is 0 Å². The Kier molecular flexibility index (Phi) is 4.83. The zero-order chi connectivity index (χ0) is 18.1. The van der Waals surface area contributed by atoms with Gasteiger partial charge >= 0.3 is 0 Å². The van der Waals surface area contributed by atoms with Crippen LogP contribution in [-0.4, -0.2) is 40.1 Å². The molecule has 0 bridgehead atoms. The summed E-state index contributed by atoms with van der Waals surface area (Å²) in [5, 5.41) is 15.5. The Morgan fingerprint density at radius 2 is 1.92 bits per heavy atom. The Morgan fingerprint density at radius 3 is 2.46 bits per heavy atom. The summed E-state index contributed by atoms with van der Waals surface area (Å²) >= 11 is 0. The molecule has 130 valence electrons. The fraction of sp³-hybridized carbons (Fsp3) is 0.400. The largest absolute Gasteiger partial charge is 0.503 e. The van der Waals surface area contributed by atoms with Crippen molar-refractivity contribution in [3.8, 4) is 5.75 Å². The van der Waals surface area contributed by atoms with E-state index in [0.717, 1.165) is 12.1 Å². The van der Waals surface area contributed by atoms with Crippen LogP contribution < -0.4 is 5.32 Å². The van der Waals surface area contributed by atoms with Crippen LogP contribution in [0.2, 0.25) is 0 Å². The van der Waals surface area contributed by atoms with Gasteiger partial charge in [-0.2, -0.15) is 4.98 Å². The van der Waals surface area contributed by atoms with Gasteiger partial charge in [-0.25, -0.2) is 8.78 Å². The van der Waals surface area contributed by atoms with Gasteiger partial charge in [0.2, 0.25) is 5.89 Å². The third-order valence-corrected chi connectivity index (χ3v) is 3.18. The van der Waals surface area contributed by atoms with Crippen molar-refractivity contribution in [2.75, 3.05) is 14.1 Å². The van der Waals surface area contributed by atoms with Gasteiger partial charge < -0.3 is 19.8 Å². The van der Waals surface area contributed by atoms with Gasteiger partial charge in [-0.3, -0.25) is 4.79 Å². The molecule has 1 amide bonds. The Labute approximate surface area is 137 Å². The van der Waals surface area contributed by atoms with Gasteiger partial charge in [0.15, 0.2) is 23.2 Å². The summed E-state index contributed by atoms with van der Waals surface area (Å²) in [6, 6.07) is 1.50. The summed E-state index contributed by atoms with van der Waals surface area (Å²) in [7, 11) is 3.68. The van der Waals surface area contributed by atoms with Crippen molar-refractivity contribution in [3.05, 3.63) is 41.0 Å². The summed E-state index contributed by atoms with van der Waals surface area (Å²) in [6.45, 7) is 3.69. The molecule has 2 rings (SSSR count). The molecule has 0 atom stereocenters. The molecule has 2 N–H and O–H groups in total. The van der Waals surface area contributed by atoms with Gasteiger partial charge in [-0.05, 0) is 40.1 Å². The number of aromatic nitrogens is 2. The van der Waals surface area contributed by atoms with Gasteiger partial charge in [0.1, 0.15) is 0 Å². The maximum Gasteiger partial charge on any atom is 0.252 e. The van der Waals surface area contributed by atoms with E-state index in [1.807, 2.05) is 19.0 Å². The number of hydrogen-bond acceptors (Lipinski definition) is 6. The van der Waals surface area contributed by atoms with Crippen molar-refractivity contribution in [1.82, 2.24) is 20.4 Å². The number of halogens is 2. The lowest BCUT2D eigenvalue weighted by atomic mass is 10.0. The van der Waals surface area contributed by atoms with Crippen LogP contribution in [0.1, 0.15) is 35.9 Å². The molecular weight excluding hydrogens is 322 g/mol. The predicted octanol–water partition coefficient (Wildman–Crippen LogP) is 1.78. The second-order valence-electron chi connectivity index (χ2n) is 6.12. The molecule has 0 aliphatic heterocycles. The van der Waals surface area contributed by atoms with Gasteiger partial charge in [-0.1, -0.05) is 5.16 Å². The fourth-order valence-corrected chi connectivity index (χ4v) is 1.95. The molecule has 0 fully saturated rings. The topological polar surface area (TPSA) is 91.5 Å². The summed E-state index contributed by atoms with van der Waals surface area (Å²) in [4.78, 5) is 18.2. The molecule has 0 spiro atoms. The maximum absolute atomic E-state index is 13.4. The highest BCUT2D eigenvalue weighted by Gasteiger charge is 2.29. The molecule has 1 heterocycles. The van der Waals surface area contributed by atoms with Crippen molar-refractivity contribution in [3.63, 3.8) is 0 Å². The number of carbonyl (C=O) groups excluding carboxylic acids is 1. The summed E-state index contributed by atoms with van der Waals surface area (Å²) in [6.07, 6.45) is 0. The molecule has 0 saturated heterocycles. The molecule has 1 aromatic carbocycles. The minimum absolute atomic E-state index is 0.229. The maximum atomic E-state index is 13.4. The van der Waals surface area contributed by atoms with E-state index >= 15 is 0 Å². The molecule has 0 aliphatic rings. The lowest BCUT2D eigenvalue weighted by Gasteiger charge is -2.22. The Bertz CT molecular complexity index is 736. The van der Waals surface area contributed by atoms with Crippen LogP contribution in [-0.2, 0) is 12.1 Å². The van der Waals surface area contributed by atoms with E-state index in [4.69, 9.17) is 9.63 Å². The first-order valence-corrected chi connectivity index (χ1v) is 7.08. The number of hydrogen-bond donors (Lipinski definition) is 2. The van der Waals surface area contributed by atoms with Crippen LogP contribution >= 0.6 is 0 Å². The number of rotatable bonds is 5. The molecule has 9 heteroatoms. The van der Waals surface area contributed by atoms with Crippen molar-refractivity contribution < 1.29 is 23.2 Å². The van der Waals surface area contributed by atoms with Gasteiger partial charge in [0, 0.05) is 5.56 Å². The van der Waals surface area contributed by atoms with E-state index in [2.05, 4.69) is 15.5 Å². The highest BCUT2D eigenvalue weighted by atomic mass is 19.1. The molecule has 0 aliphatic carbocycles. The summed E-state index contributed by atoms with van der Waals surface area (Å²) < 4.78 is 31.8. The van der Waals surface area contributed by atoms with Gasteiger partial charge in [0.05, 0.1) is 12.1 Å². The van der Waals surface area contributed by atoms with E-state index in [9.17, 15) is 13.6 Å². The van der Waals surface area contributed by atoms with Crippen molar-refractivity contribution in [2.45, 2.75) is 25.9 Å². The van der Waals surface area contributed by atoms with E-state index in [-0.39, 0.29) is 11.4 Å². The van der Waals surface area contributed by atoms with Crippen molar-refractivity contribution >= 4 is 5.91 Å². The number of carbonyl (C=O) groups is 1. The second kappa shape index (κ2) is 6.52. The average molecular weight is 340 g/mol. The smallest absolute Gasteiger partial charge is 0.252 e. The number of aromatic hydroxyl groups is 1. The number of benzene rings is 1. The van der Waals surface area contributed by atoms with Gasteiger partial charge in [-0.15, -0.1) is 0 Å². The molecule has 1 aromatic heterocycles. The van der Waals surface area contributed by atoms with E-state index < -0.39 is 28.8 Å². The summed E-state index contributed by atoms with van der Waals surface area (Å²) in [5.41, 5.74) is -1.30. The van der Waals surface area contributed by atoms with Crippen LogP contribution in [0.3, 0.4) is 0 Å². The average Bonchev–Trinajstić information content (AvgIpc) is 2.92. The standard InChI is InChI=1S/C15H18F2N4O3/c1-15(2,14-18-11(24-20-14)7-21(3)4)19-13(23)8-5-9(16)12(22)10(17)6-8/h5-6,22H,7H2,1-4H3,(H,19,23). The Morgan fingerprint density at radius 1 is 1.33 bits per heavy atom. The molecular formula is C15H18F2N4O3. The number of amides is 1. The highest BCUT2D eigenvalue weighted by molar-refractivity contribution is 5.94. The molecule has 7 nitrogen and oxygen atoms in total. The second-order valence-corrected chi connectivity index (χ2v) is 6.12. The number of nitrogens with one attached hydrogen (secondary N) is 1. The number of phenols is 1. The number of phenolic OH excluding ortho intramolecular Hbond substituents is 1. The monoisotopic (exact) mass is 340 g/mol. The minimum atomic E-state index is -1.22. The normalized spacial score (nSPS) is 11.8. The van der Waals surface area contributed by atoms with Crippen LogP contribution in [0.4, 0.5) is 8.78 Å². The molecule has 24 heavy (non-hydrogen) atoms. The van der Waals surface area contributed by atoms with Crippen LogP contribution in [0, 0.1) is 11.6 Å². The van der Waals surface area contributed by atoms with Gasteiger partial charge in [0.25, 0.3) is 5.91 Å². The lowest BCUT2D eigenvalue weighted by Crippen LogP contribution is -2.42. The first-order valence-electron chi connectivity index (χ1n) is 7.08. The van der Waals surface area contributed by atoms with E-state index in [1.165, 1.54) is 0 Å². The number of nitrogens with zero attached hydrogens (tertiary/aromatic N) is 3. The molecule has 0 saturated carbocycles. The quantitative estimate of drug-likeness (QED) is 0.862. The SMILES string of the molecule is CN(C)Cc1nc(C(C)(C)NC(=O)c2cc(F)c(O)c(F)c2)no1. The van der Waals surface area contributed by atoms with Crippen LogP contribution in [0.5, 0.6) is 5.75 Å². The van der Waals surface area contributed by atoms with Crippen molar-refractivity contribution in [1.29, 1.82) is 0 Å². The van der Waals surface area contributed by atoms with E-state index in [0.29, 0.717) is 12.4 Å².